The van der Waals surface area contributed by atoms with Crippen molar-refractivity contribution >= 4 is 58.6 Å². The number of thioether (sulfide) groups is 2. The van der Waals surface area contributed by atoms with Crippen molar-refractivity contribution in [2.45, 2.75) is 21.8 Å². The third-order valence-electron chi connectivity index (χ3n) is 8.08. The van der Waals surface area contributed by atoms with Gasteiger partial charge in [-0.15, -0.1) is 10.2 Å². The topological polar surface area (TPSA) is 259 Å². The van der Waals surface area contributed by atoms with Crippen LogP contribution in [0, 0.1) is 11.5 Å². The van der Waals surface area contributed by atoms with E-state index in [0.717, 1.165) is 11.1 Å². The van der Waals surface area contributed by atoms with E-state index >= 15 is 0 Å². The molecule has 2 aromatic heterocycles. The maximum absolute atomic E-state index is 12.8. The van der Waals surface area contributed by atoms with Crippen LogP contribution in [0.5, 0.6) is 34.5 Å². The van der Waals surface area contributed by atoms with Gasteiger partial charge in [0, 0.05) is 58.3 Å². The quantitative estimate of drug-likeness (QED) is 0.0338. The second kappa shape index (κ2) is 21.4. The van der Waals surface area contributed by atoms with Crippen LogP contribution in [0.1, 0.15) is 31.8 Å². The second-order valence-corrected chi connectivity index (χ2v) is 13.8. The summed E-state index contributed by atoms with van der Waals surface area (Å²) in [6.45, 7) is 0. The highest BCUT2D eigenvalue weighted by atomic mass is 32.2. The second-order valence-electron chi connectivity index (χ2n) is 11.9. The van der Waals surface area contributed by atoms with Crippen LogP contribution < -0.4 is 50.1 Å². The maximum atomic E-state index is 12.8. The number of nitriles is 1. The van der Waals surface area contributed by atoms with E-state index < -0.39 is 0 Å². The first-order chi connectivity index (χ1) is 29.1. The number of carbonyl (C=O) groups is 2. The fourth-order valence-corrected chi connectivity index (χ4v) is 6.85. The van der Waals surface area contributed by atoms with Crippen LogP contribution >= 0.6 is 23.5 Å². The van der Waals surface area contributed by atoms with Gasteiger partial charge in [-0.2, -0.15) is 15.2 Å². The van der Waals surface area contributed by atoms with Gasteiger partial charge in [-0.25, -0.2) is 10.2 Å². The Hall–Kier alpha value is -7.31. The Balaban J connectivity index is 0.000000228. The van der Waals surface area contributed by atoms with Crippen molar-refractivity contribution in [3.05, 3.63) is 95.1 Å². The lowest BCUT2D eigenvalue weighted by Gasteiger charge is -2.14. The molecule has 6 rings (SSSR count). The van der Waals surface area contributed by atoms with Crippen LogP contribution in [0.2, 0.25) is 0 Å². The van der Waals surface area contributed by atoms with Crippen molar-refractivity contribution in [1.82, 2.24) is 30.4 Å². The van der Waals surface area contributed by atoms with Crippen molar-refractivity contribution in [1.29, 1.82) is 5.26 Å². The average molecular weight is 856 g/mol. The molecule has 0 saturated carbocycles. The van der Waals surface area contributed by atoms with Gasteiger partial charge in [0.2, 0.25) is 33.7 Å². The number of amides is 2. The van der Waals surface area contributed by atoms with Gasteiger partial charge >= 0.3 is 0 Å². The molecule has 0 fully saturated rings. The van der Waals surface area contributed by atoms with Crippen LogP contribution in [0.3, 0.4) is 0 Å². The Morgan fingerprint density at radius 2 is 1.08 bits per heavy atom. The van der Waals surface area contributed by atoms with Gasteiger partial charge in [0.1, 0.15) is 0 Å². The van der Waals surface area contributed by atoms with Crippen molar-refractivity contribution in [2.75, 3.05) is 64.3 Å². The van der Waals surface area contributed by atoms with E-state index in [4.69, 9.17) is 39.4 Å². The molecule has 19 nitrogen and oxygen atoms in total. The number of rotatable bonds is 17. The zero-order valence-electron chi connectivity index (χ0n) is 33.2. The number of aromatic nitrogens is 6. The molecular formula is C39H41N11O8S2. The van der Waals surface area contributed by atoms with E-state index in [9.17, 15) is 9.59 Å². The molecule has 0 radical (unpaired) electrons. The molecule has 0 saturated heterocycles. The number of ether oxygens (including phenoxy) is 6. The minimum absolute atomic E-state index is 0.256. The largest absolute Gasteiger partial charge is 0.493 e. The summed E-state index contributed by atoms with van der Waals surface area (Å²) in [4.78, 5) is 33.7. The number of hydrogen-bond acceptors (Lipinski definition) is 17. The molecule has 7 N–H and O–H groups in total. The van der Waals surface area contributed by atoms with Crippen LogP contribution in [-0.4, -0.2) is 84.8 Å². The lowest BCUT2D eigenvalue weighted by molar-refractivity contribution is 0.101. The highest BCUT2D eigenvalue weighted by molar-refractivity contribution is 7.98. The first-order valence-electron chi connectivity index (χ1n) is 17.5. The Kier molecular flexibility index (Phi) is 15.7. The molecule has 0 atom stereocenters. The van der Waals surface area contributed by atoms with Gasteiger partial charge in [0.15, 0.2) is 29.2 Å². The number of H-pyrrole nitrogens is 2. The number of nitrogens with one attached hydrogen (secondary N) is 5. The maximum Gasteiger partial charge on any atom is 0.255 e. The van der Waals surface area contributed by atoms with Gasteiger partial charge in [-0.05, 0) is 35.4 Å². The lowest BCUT2D eigenvalue weighted by atomic mass is 10.1. The predicted molar refractivity (Wildman–Crippen MR) is 227 cm³/mol. The molecule has 0 bridgehead atoms. The smallest absolute Gasteiger partial charge is 0.255 e. The zero-order chi connectivity index (χ0) is 43.0. The fraction of sp³-hybridized carbons (Fsp3) is 0.205. The summed E-state index contributed by atoms with van der Waals surface area (Å²) < 4.78 is 31.9. The van der Waals surface area contributed by atoms with E-state index in [1.807, 2.05) is 24.3 Å². The van der Waals surface area contributed by atoms with E-state index in [0.29, 0.717) is 78.8 Å². The molecule has 21 heteroatoms. The van der Waals surface area contributed by atoms with Gasteiger partial charge in [0.05, 0.1) is 42.7 Å². The molecule has 60 heavy (non-hydrogen) atoms. The summed E-state index contributed by atoms with van der Waals surface area (Å²) in [7, 11) is 9.10. The summed E-state index contributed by atoms with van der Waals surface area (Å²) in [5.41, 5.74) is 9.45. The molecule has 4 aromatic carbocycles. The van der Waals surface area contributed by atoms with E-state index in [2.05, 4.69) is 46.3 Å². The molecule has 0 aliphatic rings. The number of benzene rings is 4. The SMILES string of the molecule is COc1cc(NC(=O)c2cccc(CSc3n[nH]c(N)n3)c2)cc(OC)c1OC.COc1cc(NC(=O)c2cccc(CSc3n[nH]c(NC#N)n3)c2)cc(OC)c1OC. The van der Waals surface area contributed by atoms with Crippen LogP contribution in [-0.2, 0) is 11.5 Å². The minimum atomic E-state index is -0.278. The number of aromatic amines is 2. The van der Waals surface area contributed by atoms with Crippen LogP contribution in [0.25, 0.3) is 0 Å². The molecule has 2 amide bonds. The summed E-state index contributed by atoms with van der Waals surface area (Å²) in [5, 5.41) is 30.9. The third-order valence-corrected chi connectivity index (χ3v) is 9.92. The Morgan fingerprint density at radius 1 is 0.650 bits per heavy atom. The Bertz CT molecular complexity index is 2400. The number of nitrogens with two attached hydrogens (primary N) is 1. The summed E-state index contributed by atoms with van der Waals surface area (Å²) in [5.74, 6) is 3.87. The standard InChI is InChI=1S/C20H20N6O4S.C19H21N5O4S/c1-28-15-8-14(9-16(29-2)17(15)30-3)23-18(27)13-6-4-5-12(7-13)10-31-20-24-19(22-11-21)25-26-20;1-26-14-8-13(9-15(27-2)16(14)28-3)21-17(25)12-6-4-5-11(7-12)10-29-19-22-18(20)23-24-19/h4-9H,10H2,1-3H3,(H,23,27)(H2,22,24,25,26);4-9H,10H2,1-3H3,(H,21,25)(H3,20,22,23,24). The van der Waals surface area contributed by atoms with Gasteiger partial charge in [0.25, 0.3) is 11.8 Å². The van der Waals surface area contributed by atoms with E-state index in [-0.39, 0.29) is 23.7 Å². The normalized spacial score (nSPS) is 10.3. The van der Waals surface area contributed by atoms with E-state index in [1.54, 1.807) is 54.7 Å². The van der Waals surface area contributed by atoms with Crippen molar-refractivity contribution in [3.8, 4) is 40.7 Å². The van der Waals surface area contributed by atoms with Gasteiger partial charge in [-0.1, -0.05) is 47.8 Å². The summed E-state index contributed by atoms with van der Waals surface area (Å²) in [6.07, 6.45) is 1.77. The molecule has 0 unspecified atom stereocenters. The van der Waals surface area contributed by atoms with Crippen molar-refractivity contribution in [2.24, 2.45) is 0 Å². The van der Waals surface area contributed by atoms with Crippen molar-refractivity contribution < 1.29 is 38.0 Å². The molecule has 312 valence electrons. The number of hydrogen-bond donors (Lipinski definition) is 6. The zero-order valence-corrected chi connectivity index (χ0v) is 34.9. The number of carbonyl (C=O) groups excluding carboxylic acids is 2. The monoisotopic (exact) mass is 855 g/mol. The number of nitrogens with zero attached hydrogens (tertiary/aromatic N) is 5. The highest BCUT2D eigenvalue weighted by Gasteiger charge is 2.17. The third kappa shape index (κ3) is 11.6. The van der Waals surface area contributed by atoms with Gasteiger partial charge < -0.3 is 44.8 Å². The highest BCUT2D eigenvalue weighted by Crippen LogP contribution is 2.41. The molecular weight excluding hydrogens is 815 g/mol. The minimum Gasteiger partial charge on any atom is -0.493 e. The lowest BCUT2D eigenvalue weighted by Crippen LogP contribution is -2.12. The molecule has 0 spiro atoms. The first-order valence-corrected chi connectivity index (χ1v) is 19.5. The molecule has 6 aromatic rings. The molecule has 0 aliphatic carbocycles. The molecule has 0 aliphatic heterocycles. The number of methoxy groups -OCH3 is 6. The Labute approximate surface area is 353 Å². The van der Waals surface area contributed by atoms with Crippen LogP contribution in [0.4, 0.5) is 23.3 Å². The predicted octanol–water partition coefficient (Wildman–Crippen LogP) is 6.23. The Morgan fingerprint density at radius 3 is 1.47 bits per heavy atom. The van der Waals surface area contributed by atoms with E-state index in [1.165, 1.54) is 66.2 Å². The van der Waals surface area contributed by atoms with Crippen molar-refractivity contribution in [3.63, 3.8) is 0 Å². The average Bonchev–Trinajstić information content (AvgIpc) is 3.92. The van der Waals surface area contributed by atoms with Crippen LogP contribution in [0.15, 0.2) is 83.1 Å². The summed E-state index contributed by atoms with van der Waals surface area (Å²) in [6, 6.07) is 21.2. The number of anilines is 4. The summed E-state index contributed by atoms with van der Waals surface area (Å²) >= 11 is 2.80. The number of nitrogen functional groups attached to an aromatic ring is 1. The molecule has 2 heterocycles. The first kappa shape index (κ1) is 43.8. The fourth-order valence-electron chi connectivity index (χ4n) is 5.36. The van der Waals surface area contributed by atoms with Gasteiger partial charge in [-0.3, -0.25) is 14.9 Å².